The van der Waals surface area contributed by atoms with Crippen molar-refractivity contribution in [3.8, 4) is 17.2 Å². The molecule has 4 aliphatic heterocycles. The number of aliphatic hydroxyl groups is 1. The van der Waals surface area contributed by atoms with Crippen LogP contribution >= 0.6 is 0 Å². The lowest BCUT2D eigenvalue weighted by molar-refractivity contribution is -0.0907. The summed E-state index contributed by atoms with van der Waals surface area (Å²) >= 11 is 0. The molecule has 3 unspecified atom stereocenters. The highest BCUT2D eigenvalue weighted by Gasteiger charge is 2.44. The van der Waals surface area contributed by atoms with Crippen LogP contribution in [0.4, 0.5) is 4.79 Å². The Morgan fingerprint density at radius 3 is 2.61 bits per heavy atom. The van der Waals surface area contributed by atoms with Crippen molar-refractivity contribution in [3.05, 3.63) is 48.0 Å². The van der Waals surface area contributed by atoms with Gasteiger partial charge < -0.3 is 43.7 Å². The Morgan fingerprint density at radius 1 is 1.06 bits per heavy atom. The van der Waals surface area contributed by atoms with Crippen molar-refractivity contribution >= 4 is 16.1 Å². The van der Waals surface area contributed by atoms with Gasteiger partial charge in [-0.1, -0.05) is 26.0 Å². The Labute approximate surface area is 288 Å². The summed E-state index contributed by atoms with van der Waals surface area (Å²) in [5, 5.41) is 14.5. The van der Waals surface area contributed by atoms with Crippen molar-refractivity contribution in [1.29, 1.82) is 0 Å². The number of nitrogens with zero attached hydrogens (tertiary/aromatic N) is 2. The predicted molar refractivity (Wildman–Crippen MR) is 179 cm³/mol. The predicted octanol–water partition coefficient (Wildman–Crippen LogP) is 3.39. The van der Waals surface area contributed by atoms with Gasteiger partial charge in [0.05, 0.1) is 42.8 Å². The van der Waals surface area contributed by atoms with Gasteiger partial charge in [0, 0.05) is 25.7 Å². The van der Waals surface area contributed by atoms with Gasteiger partial charge in [-0.15, -0.1) is 0 Å². The number of ether oxygens (including phenoxy) is 6. The first-order valence-corrected chi connectivity index (χ1v) is 18.8. The van der Waals surface area contributed by atoms with E-state index in [-0.39, 0.29) is 55.9 Å². The van der Waals surface area contributed by atoms with E-state index in [0.29, 0.717) is 24.7 Å². The van der Waals surface area contributed by atoms with Crippen LogP contribution in [0.15, 0.2) is 47.4 Å². The molecule has 3 fully saturated rings. The number of benzene rings is 2. The quantitative estimate of drug-likeness (QED) is 0.248. The lowest BCUT2D eigenvalue weighted by Gasteiger charge is -2.31. The highest BCUT2D eigenvalue weighted by molar-refractivity contribution is 7.89. The second-order valence-electron chi connectivity index (χ2n) is 13.6. The molecule has 0 radical (unpaired) electrons. The Balaban J connectivity index is 1.14. The zero-order valence-electron chi connectivity index (χ0n) is 28.3. The average Bonchev–Trinajstić information content (AvgIpc) is 3.90. The van der Waals surface area contributed by atoms with Crippen molar-refractivity contribution in [2.24, 2.45) is 11.8 Å². The molecule has 2 N–H and O–H groups in total. The smallest absolute Gasteiger partial charge is 0.407 e. The van der Waals surface area contributed by atoms with Crippen LogP contribution in [0.1, 0.15) is 45.1 Å². The van der Waals surface area contributed by atoms with Gasteiger partial charge in [0.1, 0.15) is 11.9 Å². The summed E-state index contributed by atoms with van der Waals surface area (Å²) in [6.45, 7) is 8.45. The molecule has 0 aromatic heterocycles. The Kier molecular flexibility index (Phi) is 11.8. The van der Waals surface area contributed by atoms with E-state index < -0.39 is 34.4 Å². The number of alkyl carbamates (subject to hydrolysis) is 1. The van der Waals surface area contributed by atoms with Crippen LogP contribution in [-0.4, -0.2) is 113 Å². The molecule has 49 heavy (non-hydrogen) atoms. The van der Waals surface area contributed by atoms with Gasteiger partial charge >= 0.3 is 6.09 Å². The van der Waals surface area contributed by atoms with Crippen LogP contribution in [0.5, 0.6) is 17.2 Å². The number of amides is 1. The van der Waals surface area contributed by atoms with Gasteiger partial charge in [-0.25, -0.2) is 13.2 Å². The second kappa shape index (κ2) is 16.3. The van der Waals surface area contributed by atoms with E-state index in [2.05, 4.69) is 10.2 Å². The largest absolute Gasteiger partial charge is 0.494 e. The van der Waals surface area contributed by atoms with Gasteiger partial charge in [0.2, 0.25) is 16.8 Å². The van der Waals surface area contributed by atoms with E-state index in [0.717, 1.165) is 43.8 Å². The zero-order valence-corrected chi connectivity index (χ0v) is 29.1. The minimum atomic E-state index is -4.05. The number of rotatable bonds is 16. The Hall–Kier alpha value is -3.14. The molecule has 1 amide bonds. The molecule has 0 saturated carbocycles. The molecule has 2 aromatic rings. The summed E-state index contributed by atoms with van der Waals surface area (Å²) < 4.78 is 62.8. The number of hydrogen-bond acceptors (Lipinski definition) is 11. The summed E-state index contributed by atoms with van der Waals surface area (Å²) in [5.74, 6) is 1.46. The van der Waals surface area contributed by atoms with E-state index in [1.54, 1.807) is 6.07 Å². The summed E-state index contributed by atoms with van der Waals surface area (Å²) in [6.07, 6.45) is 1.58. The van der Waals surface area contributed by atoms with Crippen LogP contribution < -0.4 is 19.5 Å². The van der Waals surface area contributed by atoms with Crippen molar-refractivity contribution in [3.63, 3.8) is 0 Å². The lowest BCUT2D eigenvalue weighted by Crippen LogP contribution is -2.51. The third-order valence-electron chi connectivity index (χ3n) is 9.42. The number of sulfonamides is 1. The van der Waals surface area contributed by atoms with Crippen molar-refractivity contribution < 1.29 is 46.7 Å². The van der Waals surface area contributed by atoms with Crippen LogP contribution in [0.25, 0.3) is 0 Å². The first-order chi connectivity index (χ1) is 23.7. The van der Waals surface area contributed by atoms with Crippen LogP contribution in [0, 0.1) is 11.8 Å². The molecule has 5 atom stereocenters. The molecule has 0 bridgehead atoms. The number of nitrogens with one attached hydrogen (secondary N) is 1. The van der Waals surface area contributed by atoms with Crippen molar-refractivity contribution in [2.75, 3.05) is 59.3 Å². The summed E-state index contributed by atoms with van der Waals surface area (Å²) in [7, 11) is -4.05. The molecule has 6 rings (SSSR count). The fourth-order valence-corrected chi connectivity index (χ4v) is 8.45. The van der Waals surface area contributed by atoms with Crippen molar-refractivity contribution in [1.82, 2.24) is 14.5 Å². The minimum absolute atomic E-state index is 0.0178. The number of carbonyl (C=O) groups excluding carboxylic acids is 1. The van der Waals surface area contributed by atoms with E-state index in [1.807, 2.05) is 38.1 Å². The van der Waals surface area contributed by atoms with E-state index in [1.165, 1.54) is 29.3 Å². The van der Waals surface area contributed by atoms with Gasteiger partial charge in [-0.3, -0.25) is 0 Å². The van der Waals surface area contributed by atoms with Crippen LogP contribution in [-0.2, 0) is 30.7 Å². The minimum Gasteiger partial charge on any atom is -0.494 e. The standard InChI is InChI=1S/C35H49N3O10S/c1-24(2)20-38(49(41,42)27-10-11-31-32(19-27)47-23-46-31)21-30(39)29(36-35(40)48-33-22-45-34-28(33)12-17-44-34)18-25-6-8-26(9-7-25)43-16-5-15-37-13-3-4-14-37/h6-11,19,24,28-30,33-34,39H,3-5,12-18,20-23H2,1-2H3,(H,36,40)/t28?,29-,30+,33?,34?/m0/s1. The third-order valence-corrected chi connectivity index (χ3v) is 11.2. The number of aliphatic hydroxyl groups excluding tert-OH is 1. The number of likely N-dealkylation sites (tertiary alicyclic amines) is 1. The Morgan fingerprint density at radius 2 is 1.84 bits per heavy atom. The molecule has 0 spiro atoms. The summed E-state index contributed by atoms with van der Waals surface area (Å²) in [4.78, 5) is 15.7. The van der Waals surface area contributed by atoms with Gasteiger partial charge in [0.15, 0.2) is 17.8 Å². The molecule has 2 aromatic carbocycles. The van der Waals surface area contributed by atoms with Crippen LogP contribution in [0.2, 0.25) is 0 Å². The molecule has 14 heteroatoms. The molecule has 4 aliphatic rings. The zero-order chi connectivity index (χ0) is 34.4. The van der Waals surface area contributed by atoms with Gasteiger partial charge in [-0.2, -0.15) is 4.31 Å². The number of carbonyl (C=O) groups is 1. The van der Waals surface area contributed by atoms with Gasteiger partial charge in [-0.05, 0) is 80.9 Å². The monoisotopic (exact) mass is 703 g/mol. The summed E-state index contributed by atoms with van der Waals surface area (Å²) in [6, 6.07) is 11.1. The van der Waals surface area contributed by atoms with Crippen molar-refractivity contribution in [2.45, 2.75) is 75.4 Å². The lowest BCUT2D eigenvalue weighted by atomic mass is 10.0. The van der Waals surface area contributed by atoms with E-state index in [4.69, 9.17) is 28.4 Å². The maximum Gasteiger partial charge on any atom is 0.407 e. The van der Waals surface area contributed by atoms with E-state index >= 15 is 0 Å². The molecular formula is C35H49N3O10S. The molecule has 270 valence electrons. The topological polar surface area (TPSA) is 145 Å². The third kappa shape index (κ3) is 9.16. The Bertz CT molecular complexity index is 1500. The highest BCUT2D eigenvalue weighted by atomic mass is 32.2. The fourth-order valence-electron chi connectivity index (χ4n) is 6.81. The molecular weight excluding hydrogens is 654 g/mol. The van der Waals surface area contributed by atoms with E-state index in [9.17, 15) is 18.3 Å². The first kappa shape index (κ1) is 35.7. The molecule has 13 nitrogen and oxygen atoms in total. The highest BCUT2D eigenvalue weighted by Crippen LogP contribution is 2.35. The SMILES string of the molecule is CC(C)CN(C[C@@H](O)[C@H](Cc1ccc(OCCCN2CCCC2)cc1)NC(=O)OC1COC2OCCC12)S(=O)(=O)c1ccc2c(c1)OCO2. The molecule has 0 aliphatic carbocycles. The molecule has 4 heterocycles. The first-order valence-electron chi connectivity index (χ1n) is 17.4. The number of hydrogen-bond donors (Lipinski definition) is 2. The number of fused-ring (bicyclic) bond motifs is 2. The molecule has 3 saturated heterocycles. The fraction of sp³-hybridized carbons (Fsp3) is 0.629. The van der Waals surface area contributed by atoms with Gasteiger partial charge in [0.25, 0.3) is 0 Å². The second-order valence-corrected chi connectivity index (χ2v) is 15.6. The maximum atomic E-state index is 13.9. The maximum absolute atomic E-state index is 13.9. The summed E-state index contributed by atoms with van der Waals surface area (Å²) in [5.41, 5.74) is 0.830. The normalized spacial score (nSPS) is 23.2. The van der Waals surface area contributed by atoms with Crippen LogP contribution in [0.3, 0.4) is 0 Å². The average molecular weight is 704 g/mol.